The van der Waals surface area contributed by atoms with E-state index >= 15 is 0 Å². The van der Waals surface area contributed by atoms with Gasteiger partial charge >= 0.3 is 6.03 Å². The molecular weight excluding hydrogens is 234 g/mol. The standard InChI is InChI=1S/C9H14ClN3O3/c1-6(10)8(15)11-9(16)13-4-3-12(2)7(14)5-13/h6H,3-5H2,1-2H3,(H,11,15,16). The van der Waals surface area contributed by atoms with Gasteiger partial charge in [-0.3, -0.25) is 14.9 Å². The number of amides is 4. The van der Waals surface area contributed by atoms with Crippen LogP contribution in [-0.2, 0) is 9.59 Å². The van der Waals surface area contributed by atoms with Crippen LogP contribution in [0.3, 0.4) is 0 Å². The summed E-state index contributed by atoms with van der Waals surface area (Å²) >= 11 is 5.51. The summed E-state index contributed by atoms with van der Waals surface area (Å²) in [5, 5.41) is 1.36. The molecule has 1 aliphatic rings. The van der Waals surface area contributed by atoms with Crippen molar-refractivity contribution in [1.82, 2.24) is 15.1 Å². The highest BCUT2D eigenvalue weighted by Gasteiger charge is 2.26. The number of carbonyl (C=O) groups excluding carboxylic acids is 3. The topological polar surface area (TPSA) is 69.7 Å². The minimum absolute atomic E-state index is 0.00766. The Labute approximate surface area is 98.5 Å². The van der Waals surface area contributed by atoms with Crippen molar-refractivity contribution in [3.05, 3.63) is 0 Å². The number of nitrogens with zero attached hydrogens (tertiary/aromatic N) is 2. The fourth-order valence-corrected chi connectivity index (χ4v) is 1.27. The first-order valence-electron chi connectivity index (χ1n) is 4.89. The van der Waals surface area contributed by atoms with Gasteiger partial charge in [-0.15, -0.1) is 11.6 Å². The van der Waals surface area contributed by atoms with Crippen LogP contribution < -0.4 is 5.32 Å². The van der Waals surface area contributed by atoms with Crippen LogP contribution >= 0.6 is 11.6 Å². The normalized spacial score (nSPS) is 18.3. The van der Waals surface area contributed by atoms with Crippen LogP contribution in [0.5, 0.6) is 0 Å². The third-order valence-corrected chi connectivity index (χ3v) is 2.53. The maximum absolute atomic E-state index is 11.5. The number of carbonyl (C=O) groups is 3. The van der Waals surface area contributed by atoms with Gasteiger partial charge < -0.3 is 9.80 Å². The Hall–Kier alpha value is -1.30. The van der Waals surface area contributed by atoms with Crippen LogP contribution in [0.1, 0.15) is 6.92 Å². The molecule has 7 heteroatoms. The maximum atomic E-state index is 11.5. The third-order valence-electron chi connectivity index (χ3n) is 2.34. The lowest BCUT2D eigenvalue weighted by atomic mass is 10.3. The summed E-state index contributed by atoms with van der Waals surface area (Å²) in [5.74, 6) is -0.703. The Morgan fingerprint density at radius 1 is 1.44 bits per heavy atom. The van der Waals surface area contributed by atoms with E-state index in [-0.39, 0.29) is 12.5 Å². The molecule has 1 aliphatic heterocycles. The molecule has 6 nitrogen and oxygen atoms in total. The Morgan fingerprint density at radius 2 is 2.06 bits per heavy atom. The number of likely N-dealkylation sites (N-methyl/N-ethyl adjacent to an activating group) is 1. The second kappa shape index (κ2) is 5.16. The first kappa shape index (κ1) is 12.8. The van der Waals surface area contributed by atoms with Gasteiger partial charge in [-0.1, -0.05) is 0 Å². The molecule has 0 bridgehead atoms. The molecule has 0 spiro atoms. The zero-order valence-corrected chi connectivity index (χ0v) is 9.95. The average molecular weight is 248 g/mol. The molecule has 1 heterocycles. The molecule has 1 atom stereocenters. The van der Waals surface area contributed by atoms with E-state index < -0.39 is 17.3 Å². The Kier molecular flexibility index (Phi) is 4.12. The van der Waals surface area contributed by atoms with Crippen LogP contribution in [0.2, 0.25) is 0 Å². The van der Waals surface area contributed by atoms with Gasteiger partial charge in [0.05, 0.1) is 0 Å². The maximum Gasteiger partial charge on any atom is 0.324 e. The van der Waals surface area contributed by atoms with E-state index in [1.807, 2.05) is 0 Å². The average Bonchev–Trinajstić information content (AvgIpc) is 2.21. The molecule has 0 aromatic carbocycles. The zero-order chi connectivity index (χ0) is 12.3. The van der Waals surface area contributed by atoms with Crippen molar-refractivity contribution in [3.63, 3.8) is 0 Å². The van der Waals surface area contributed by atoms with E-state index in [1.54, 1.807) is 7.05 Å². The second-order valence-corrected chi connectivity index (χ2v) is 4.30. The highest BCUT2D eigenvalue weighted by Crippen LogP contribution is 2.01. The van der Waals surface area contributed by atoms with E-state index in [2.05, 4.69) is 5.32 Å². The van der Waals surface area contributed by atoms with E-state index in [1.165, 1.54) is 16.7 Å². The molecule has 0 aromatic heterocycles. The second-order valence-electron chi connectivity index (χ2n) is 3.65. The van der Waals surface area contributed by atoms with Crippen molar-refractivity contribution in [2.45, 2.75) is 12.3 Å². The van der Waals surface area contributed by atoms with Gasteiger partial charge in [0, 0.05) is 20.1 Å². The monoisotopic (exact) mass is 247 g/mol. The third kappa shape index (κ3) is 3.10. The van der Waals surface area contributed by atoms with E-state index in [4.69, 9.17) is 11.6 Å². The van der Waals surface area contributed by atoms with Crippen LogP contribution in [0, 0.1) is 0 Å². The molecule has 1 saturated heterocycles. The zero-order valence-electron chi connectivity index (χ0n) is 9.20. The lowest BCUT2D eigenvalue weighted by Crippen LogP contribution is -2.54. The number of nitrogens with one attached hydrogen (secondary N) is 1. The number of imide groups is 1. The smallest absolute Gasteiger partial charge is 0.324 e. The lowest BCUT2D eigenvalue weighted by Gasteiger charge is -2.31. The molecule has 0 aromatic rings. The minimum Gasteiger partial charge on any atom is -0.342 e. The number of urea groups is 1. The van der Waals surface area contributed by atoms with Crippen molar-refractivity contribution in [3.8, 4) is 0 Å². The van der Waals surface area contributed by atoms with Crippen molar-refractivity contribution >= 4 is 29.4 Å². The number of hydrogen-bond donors (Lipinski definition) is 1. The van der Waals surface area contributed by atoms with Gasteiger partial charge in [0.15, 0.2) is 0 Å². The molecule has 0 radical (unpaired) electrons. The summed E-state index contributed by atoms with van der Waals surface area (Å²) in [7, 11) is 1.67. The van der Waals surface area contributed by atoms with E-state index in [0.29, 0.717) is 13.1 Å². The highest BCUT2D eigenvalue weighted by molar-refractivity contribution is 6.31. The summed E-state index contributed by atoms with van der Waals surface area (Å²) in [6, 6.07) is -0.570. The summed E-state index contributed by atoms with van der Waals surface area (Å²) in [6.45, 7) is 2.35. The van der Waals surface area contributed by atoms with Crippen LogP contribution in [0.25, 0.3) is 0 Å². The minimum atomic E-state index is -0.771. The largest absolute Gasteiger partial charge is 0.342 e. The number of piperazine rings is 1. The molecule has 4 amide bonds. The molecule has 16 heavy (non-hydrogen) atoms. The summed E-state index contributed by atoms with van der Waals surface area (Å²) in [6.07, 6.45) is 0. The van der Waals surface area contributed by atoms with Gasteiger partial charge in [0.1, 0.15) is 11.9 Å². The van der Waals surface area contributed by atoms with Gasteiger partial charge in [-0.05, 0) is 6.92 Å². The molecular formula is C9H14ClN3O3. The number of hydrogen-bond acceptors (Lipinski definition) is 3. The summed E-state index contributed by atoms with van der Waals surface area (Å²) in [4.78, 5) is 36.8. The quantitative estimate of drug-likeness (QED) is 0.643. The van der Waals surface area contributed by atoms with E-state index in [9.17, 15) is 14.4 Å². The molecule has 90 valence electrons. The lowest BCUT2D eigenvalue weighted by molar-refractivity contribution is -0.133. The van der Waals surface area contributed by atoms with Gasteiger partial charge in [0.2, 0.25) is 11.8 Å². The highest BCUT2D eigenvalue weighted by atomic mass is 35.5. The first-order chi connectivity index (χ1) is 7.41. The van der Waals surface area contributed by atoms with Crippen molar-refractivity contribution in [2.24, 2.45) is 0 Å². The summed E-state index contributed by atoms with van der Waals surface area (Å²) in [5.41, 5.74) is 0. The molecule has 1 unspecified atom stereocenters. The number of alkyl halides is 1. The fourth-order valence-electron chi connectivity index (χ4n) is 1.22. The number of rotatable bonds is 1. The fraction of sp³-hybridized carbons (Fsp3) is 0.667. The predicted molar refractivity (Wildman–Crippen MR) is 58.1 cm³/mol. The molecule has 0 saturated carbocycles. The van der Waals surface area contributed by atoms with Crippen molar-refractivity contribution in [1.29, 1.82) is 0 Å². The Morgan fingerprint density at radius 3 is 2.56 bits per heavy atom. The van der Waals surface area contributed by atoms with Gasteiger partial charge in [0.25, 0.3) is 0 Å². The molecule has 1 N–H and O–H groups in total. The Balaban J connectivity index is 2.49. The van der Waals surface area contributed by atoms with Crippen LogP contribution in [-0.4, -0.2) is 59.7 Å². The van der Waals surface area contributed by atoms with E-state index in [0.717, 1.165) is 0 Å². The van der Waals surface area contributed by atoms with Crippen molar-refractivity contribution in [2.75, 3.05) is 26.7 Å². The van der Waals surface area contributed by atoms with Gasteiger partial charge in [-0.2, -0.15) is 0 Å². The summed E-state index contributed by atoms with van der Waals surface area (Å²) < 4.78 is 0. The van der Waals surface area contributed by atoms with Crippen LogP contribution in [0.4, 0.5) is 4.79 Å². The first-order valence-corrected chi connectivity index (χ1v) is 5.33. The number of halogens is 1. The molecule has 1 rings (SSSR count). The van der Waals surface area contributed by atoms with Crippen LogP contribution in [0.15, 0.2) is 0 Å². The van der Waals surface area contributed by atoms with Crippen molar-refractivity contribution < 1.29 is 14.4 Å². The Bertz CT molecular complexity index is 319. The molecule has 0 aliphatic carbocycles. The SMILES string of the molecule is CC(Cl)C(=O)NC(=O)N1CCN(C)C(=O)C1. The molecule has 1 fully saturated rings. The van der Waals surface area contributed by atoms with Gasteiger partial charge in [-0.25, -0.2) is 4.79 Å². The predicted octanol–water partition coefficient (Wildman–Crippen LogP) is -0.376.